The molecule has 0 N–H and O–H groups in total. The molecule has 0 fully saturated rings. The van der Waals surface area contributed by atoms with Gasteiger partial charge in [0.2, 0.25) is 0 Å². The Morgan fingerprint density at radius 1 is 0.574 bits per heavy atom. The van der Waals surface area contributed by atoms with E-state index in [0.29, 0.717) is 5.92 Å². The quantitative estimate of drug-likeness (QED) is 0.172. The number of benzene rings is 6. The molecular weight excluding hydrogens is 657 g/mol. The van der Waals surface area contributed by atoms with Gasteiger partial charge in [0.25, 0.3) is 0 Å². The second-order valence-electron chi connectivity index (χ2n) is 15.4. The first-order chi connectivity index (χ1) is 26.7. The average Bonchev–Trinajstić information content (AvgIpc) is 3.79. The second-order valence-corrected chi connectivity index (χ2v) is 15.4. The monoisotopic (exact) mass is 692 g/mol. The Hall–Kier alpha value is -6.38. The fraction of sp³-hybridized carbons (Fsp3) is 0.115. The number of hydrogen-bond acceptors (Lipinski definition) is 2. The smallest absolute Gasteiger partial charge is 0.138 e. The van der Waals surface area contributed by atoms with Gasteiger partial charge in [-0.2, -0.15) is 0 Å². The molecule has 0 amide bonds. The lowest BCUT2D eigenvalue weighted by atomic mass is 9.76. The highest BCUT2D eigenvalue weighted by atomic mass is 16.5. The highest BCUT2D eigenvalue weighted by Gasteiger charge is 2.35. The van der Waals surface area contributed by atoms with Crippen LogP contribution in [0.4, 0.5) is 0 Å². The van der Waals surface area contributed by atoms with Crippen LogP contribution in [0.5, 0.6) is 5.75 Å². The van der Waals surface area contributed by atoms with Crippen molar-refractivity contribution in [1.82, 2.24) is 0 Å². The molecule has 0 saturated carbocycles. The largest absolute Gasteiger partial charge is 0.460 e. The average molecular weight is 693 g/mol. The summed E-state index contributed by atoms with van der Waals surface area (Å²) in [6.07, 6.45) is 27.4. The molecule has 54 heavy (non-hydrogen) atoms. The zero-order valence-corrected chi connectivity index (χ0v) is 29.8. The van der Waals surface area contributed by atoms with Crippen molar-refractivity contribution in [3.05, 3.63) is 197 Å². The maximum absolute atomic E-state index is 6.76. The Kier molecular flexibility index (Phi) is 6.45. The Morgan fingerprint density at radius 2 is 1.30 bits per heavy atom. The van der Waals surface area contributed by atoms with Gasteiger partial charge < -0.3 is 9.15 Å². The Bertz CT molecular complexity index is 3020. The number of para-hydroxylation sites is 1. The molecule has 0 radical (unpaired) electrons. The predicted octanol–water partition coefficient (Wildman–Crippen LogP) is 14.0. The number of allylic oxidation sites excluding steroid dienone is 16. The standard InChI is InChI=1S/C52H36O2/c1-2-10-31(11-3-1)32-18-19-34-27-36(21-20-33(34)26-32)50-39-13-4-6-15-41(39)51(42-16-7-5-14-40(42)50)37-23-25-48-45(28-37)43-24-22-35-29-49-46(30-44(35)52(43)54-48)38-12-8-9-17-47(38)53-49/h1-2,4-10,12-26,29-30,34,45H,3,11,27-28H2. The fourth-order valence-corrected chi connectivity index (χ4v) is 9.85. The molecule has 6 aromatic carbocycles. The van der Waals surface area contributed by atoms with Crippen molar-refractivity contribution in [2.45, 2.75) is 31.6 Å². The summed E-state index contributed by atoms with van der Waals surface area (Å²) in [6, 6.07) is 35.4. The van der Waals surface area contributed by atoms with Gasteiger partial charge in [-0.1, -0.05) is 134 Å². The van der Waals surface area contributed by atoms with E-state index < -0.39 is 0 Å². The van der Waals surface area contributed by atoms with Crippen LogP contribution in [0.15, 0.2) is 185 Å². The number of furan rings is 1. The topological polar surface area (TPSA) is 22.4 Å². The molecule has 256 valence electrons. The number of ether oxygens (including phenoxy) is 1. The van der Waals surface area contributed by atoms with Crippen molar-refractivity contribution >= 4 is 65.4 Å². The molecule has 2 unspecified atom stereocenters. The van der Waals surface area contributed by atoms with E-state index in [9.17, 15) is 0 Å². The number of fused-ring (bicyclic) bond motifs is 11. The van der Waals surface area contributed by atoms with Crippen LogP contribution in [-0.4, -0.2) is 0 Å². The minimum absolute atomic E-state index is 0.166. The number of hydrogen-bond donors (Lipinski definition) is 0. The molecule has 1 aromatic heterocycles. The van der Waals surface area contributed by atoms with Crippen LogP contribution in [0.1, 0.15) is 48.3 Å². The minimum Gasteiger partial charge on any atom is -0.460 e. The van der Waals surface area contributed by atoms with Crippen LogP contribution in [-0.2, 0) is 0 Å². The van der Waals surface area contributed by atoms with E-state index in [2.05, 4.69) is 146 Å². The van der Waals surface area contributed by atoms with Gasteiger partial charge in [0, 0.05) is 33.6 Å². The van der Waals surface area contributed by atoms with Crippen LogP contribution in [0.25, 0.3) is 65.4 Å². The van der Waals surface area contributed by atoms with E-state index in [-0.39, 0.29) is 5.92 Å². The summed E-state index contributed by atoms with van der Waals surface area (Å²) < 4.78 is 13.0. The van der Waals surface area contributed by atoms with E-state index in [4.69, 9.17) is 9.15 Å². The Labute approximate surface area is 313 Å². The first kappa shape index (κ1) is 30.1. The van der Waals surface area contributed by atoms with E-state index in [1.54, 1.807) is 0 Å². The van der Waals surface area contributed by atoms with Crippen molar-refractivity contribution in [2.75, 3.05) is 0 Å². The van der Waals surface area contributed by atoms with Gasteiger partial charge in [-0.05, 0) is 116 Å². The molecule has 4 aliphatic carbocycles. The lowest BCUT2D eigenvalue weighted by Gasteiger charge is -2.28. The molecular formula is C52H36O2. The molecule has 2 atom stereocenters. The summed E-state index contributed by atoms with van der Waals surface area (Å²) in [6.45, 7) is 0. The lowest BCUT2D eigenvalue weighted by Crippen LogP contribution is -2.10. The molecule has 2 nitrogen and oxygen atoms in total. The summed E-state index contributed by atoms with van der Waals surface area (Å²) in [4.78, 5) is 0. The Morgan fingerprint density at radius 3 is 2.06 bits per heavy atom. The fourth-order valence-electron chi connectivity index (χ4n) is 9.85. The summed E-state index contributed by atoms with van der Waals surface area (Å²) in [5, 5.41) is 9.83. The zero-order valence-electron chi connectivity index (χ0n) is 29.8. The summed E-state index contributed by atoms with van der Waals surface area (Å²) in [7, 11) is 0. The molecule has 0 spiro atoms. The van der Waals surface area contributed by atoms with E-state index in [1.807, 2.05) is 12.1 Å². The molecule has 7 aromatic rings. The van der Waals surface area contributed by atoms with Gasteiger partial charge >= 0.3 is 0 Å². The van der Waals surface area contributed by atoms with Crippen LogP contribution in [0.2, 0.25) is 0 Å². The second kappa shape index (κ2) is 11.6. The van der Waals surface area contributed by atoms with Crippen molar-refractivity contribution in [1.29, 1.82) is 0 Å². The van der Waals surface area contributed by atoms with Gasteiger partial charge in [-0.15, -0.1) is 0 Å². The molecule has 12 rings (SSSR count). The van der Waals surface area contributed by atoms with Crippen LogP contribution >= 0.6 is 0 Å². The van der Waals surface area contributed by atoms with Gasteiger partial charge in [0.05, 0.1) is 0 Å². The third kappa shape index (κ3) is 4.47. The van der Waals surface area contributed by atoms with Crippen LogP contribution in [0.3, 0.4) is 0 Å². The molecule has 2 heterocycles. The third-order valence-corrected chi connectivity index (χ3v) is 12.4. The third-order valence-electron chi connectivity index (χ3n) is 12.4. The lowest BCUT2D eigenvalue weighted by molar-refractivity contribution is 0.430. The van der Waals surface area contributed by atoms with Gasteiger partial charge in [0.15, 0.2) is 0 Å². The van der Waals surface area contributed by atoms with E-state index in [1.165, 1.54) is 66.1 Å². The maximum atomic E-state index is 6.76. The van der Waals surface area contributed by atoms with Crippen molar-refractivity contribution in [2.24, 2.45) is 5.92 Å². The molecule has 5 aliphatic rings. The Balaban J connectivity index is 0.959. The zero-order chi connectivity index (χ0) is 35.3. The normalized spacial score (nSPS) is 20.2. The van der Waals surface area contributed by atoms with Gasteiger partial charge in [-0.25, -0.2) is 0 Å². The highest BCUT2D eigenvalue weighted by Crippen LogP contribution is 2.53. The molecule has 0 bridgehead atoms. The predicted molar refractivity (Wildman–Crippen MR) is 225 cm³/mol. The van der Waals surface area contributed by atoms with Gasteiger partial charge in [-0.3, -0.25) is 0 Å². The first-order valence-corrected chi connectivity index (χ1v) is 19.3. The highest BCUT2D eigenvalue weighted by molar-refractivity contribution is 6.16. The molecule has 1 aliphatic heterocycles. The molecule has 2 heteroatoms. The van der Waals surface area contributed by atoms with Crippen LogP contribution in [0, 0.1) is 5.92 Å². The van der Waals surface area contributed by atoms with Crippen molar-refractivity contribution in [3.8, 4) is 5.75 Å². The first-order valence-electron chi connectivity index (χ1n) is 19.3. The number of rotatable bonds is 3. The van der Waals surface area contributed by atoms with Crippen LogP contribution < -0.4 is 4.74 Å². The summed E-state index contributed by atoms with van der Waals surface area (Å²) >= 11 is 0. The van der Waals surface area contributed by atoms with Crippen molar-refractivity contribution in [3.63, 3.8) is 0 Å². The summed E-state index contributed by atoms with van der Waals surface area (Å²) in [5.41, 5.74) is 12.8. The SMILES string of the molecule is C1=CCCC(C2=CC3=CC=C(c4c5ccccc5c(C5=CC=C6Oc7c(ccc8cc9oc%10ccccc%10c9cc78)C6C5)c5ccccc45)CC3C=C2)=C1. The maximum Gasteiger partial charge on any atom is 0.138 e. The van der Waals surface area contributed by atoms with E-state index >= 15 is 0 Å². The molecule has 0 saturated heterocycles. The van der Waals surface area contributed by atoms with Gasteiger partial charge in [0.1, 0.15) is 22.7 Å². The van der Waals surface area contributed by atoms with E-state index in [0.717, 1.165) is 69.9 Å². The minimum atomic E-state index is 0.166. The summed E-state index contributed by atoms with van der Waals surface area (Å²) in [5.74, 6) is 2.57. The van der Waals surface area contributed by atoms with Crippen molar-refractivity contribution < 1.29 is 9.15 Å².